The Morgan fingerprint density at radius 3 is 2.53 bits per heavy atom. The predicted molar refractivity (Wildman–Crippen MR) is 197 cm³/mol. The fourth-order valence-electron chi connectivity index (χ4n) is 5.63. The maximum atomic E-state index is 14.1. The van der Waals surface area contributed by atoms with E-state index in [9.17, 15) is 9.59 Å². The summed E-state index contributed by atoms with van der Waals surface area (Å²) in [6, 6.07) is 12.2. The van der Waals surface area contributed by atoms with E-state index in [0.29, 0.717) is 76.6 Å². The van der Waals surface area contributed by atoms with Crippen LogP contribution in [0.2, 0.25) is 5.02 Å². The minimum absolute atomic E-state index is 0.234. The first-order valence-electron chi connectivity index (χ1n) is 16.9. The van der Waals surface area contributed by atoms with E-state index in [2.05, 4.69) is 21.9 Å². The molecule has 1 unspecified atom stereocenters. The first kappa shape index (κ1) is 37.5. The van der Waals surface area contributed by atoms with Crippen molar-refractivity contribution in [2.45, 2.75) is 65.8 Å². The fraction of sp³-hybridized carbons (Fsp3) is 0.385. The molecule has 0 spiro atoms. The van der Waals surface area contributed by atoms with E-state index in [0.717, 1.165) is 24.8 Å². The van der Waals surface area contributed by atoms with Crippen molar-refractivity contribution in [1.82, 2.24) is 14.5 Å². The van der Waals surface area contributed by atoms with Gasteiger partial charge in [0.25, 0.3) is 5.91 Å². The van der Waals surface area contributed by atoms with Crippen LogP contribution in [0.5, 0.6) is 11.6 Å². The lowest BCUT2D eigenvalue weighted by molar-refractivity contribution is -0.165. The van der Waals surface area contributed by atoms with Crippen LogP contribution in [-0.4, -0.2) is 64.7 Å². The second-order valence-corrected chi connectivity index (χ2v) is 13.6. The molecule has 5 rings (SSSR count). The van der Waals surface area contributed by atoms with Crippen molar-refractivity contribution in [1.29, 1.82) is 0 Å². The molecule has 1 aliphatic rings. The number of nitrogens with zero attached hydrogens (tertiary/aromatic N) is 3. The molecular formula is C39H45ClN4O7. The zero-order valence-electron chi connectivity index (χ0n) is 30.0. The number of esters is 1. The van der Waals surface area contributed by atoms with E-state index in [1.54, 1.807) is 61.7 Å². The number of benzene rings is 2. The quantitative estimate of drug-likeness (QED) is 0.0830. The number of aryl methyl sites for hydroxylation is 1. The van der Waals surface area contributed by atoms with Crippen LogP contribution < -0.4 is 14.8 Å². The summed E-state index contributed by atoms with van der Waals surface area (Å²) in [5, 5.41) is 3.33. The van der Waals surface area contributed by atoms with Gasteiger partial charge in [0.2, 0.25) is 5.88 Å². The first-order chi connectivity index (χ1) is 24.4. The summed E-state index contributed by atoms with van der Waals surface area (Å²) in [6.45, 7) is 14.3. The van der Waals surface area contributed by atoms with Crippen molar-refractivity contribution in [3.05, 3.63) is 89.0 Å². The van der Waals surface area contributed by atoms with E-state index in [-0.39, 0.29) is 17.9 Å². The lowest BCUT2D eigenvalue weighted by Gasteiger charge is -2.22. The standard InChI is InChI=1S/C39H45ClN4O7/c1-8-18-47-28-16-17-31(29(22-28)30-23-41-25(3)42-37(30)50-21-20-49-32-11-9-10-19-48-32)43-36(45)33-24(2)44(7)35(34(33)40)26-12-14-27(15-13-26)38(46)51-39(4,5)6/h8,12-17,22-23,32H,1,9-11,18-21H2,2-7H3,(H,43,45). The number of anilines is 1. The number of hydrogen-bond donors (Lipinski definition) is 1. The zero-order chi connectivity index (χ0) is 36.7. The van der Waals surface area contributed by atoms with Gasteiger partial charge in [0.1, 0.15) is 30.4 Å². The Kier molecular flexibility index (Phi) is 12.2. The third kappa shape index (κ3) is 9.35. The number of carbonyl (C=O) groups is 2. The Morgan fingerprint density at radius 1 is 1.08 bits per heavy atom. The molecule has 11 nitrogen and oxygen atoms in total. The van der Waals surface area contributed by atoms with Crippen molar-refractivity contribution in [3.63, 3.8) is 0 Å². The highest BCUT2D eigenvalue weighted by Crippen LogP contribution is 2.39. The van der Waals surface area contributed by atoms with Crippen LogP contribution in [0.25, 0.3) is 22.4 Å². The molecule has 1 fully saturated rings. The number of nitrogens with one attached hydrogen (secondary N) is 1. The molecule has 0 aliphatic carbocycles. The van der Waals surface area contributed by atoms with Gasteiger partial charge in [-0.1, -0.05) is 36.4 Å². The van der Waals surface area contributed by atoms with Gasteiger partial charge in [-0.15, -0.1) is 0 Å². The van der Waals surface area contributed by atoms with Crippen molar-refractivity contribution < 1.29 is 33.3 Å². The highest BCUT2D eigenvalue weighted by molar-refractivity contribution is 6.37. The number of amides is 1. The third-order valence-electron chi connectivity index (χ3n) is 8.18. The fourth-order valence-corrected chi connectivity index (χ4v) is 6.09. The largest absolute Gasteiger partial charge is 0.490 e. The van der Waals surface area contributed by atoms with Gasteiger partial charge in [-0.05, 0) is 89.8 Å². The molecule has 2 aromatic heterocycles. The van der Waals surface area contributed by atoms with Crippen molar-refractivity contribution in [2.24, 2.45) is 7.05 Å². The molecule has 51 heavy (non-hydrogen) atoms. The van der Waals surface area contributed by atoms with Crippen LogP contribution in [0, 0.1) is 13.8 Å². The second-order valence-electron chi connectivity index (χ2n) is 13.2. The summed E-state index contributed by atoms with van der Waals surface area (Å²) in [6.07, 6.45) is 6.03. The van der Waals surface area contributed by atoms with E-state index in [4.69, 9.17) is 35.3 Å². The van der Waals surface area contributed by atoms with Gasteiger partial charge < -0.3 is 33.6 Å². The molecule has 0 bridgehead atoms. The molecular weight excluding hydrogens is 672 g/mol. The van der Waals surface area contributed by atoms with Crippen LogP contribution in [0.15, 0.2) is 61.3 Å². The molecule has 270 valence electrons. The summed E-state index contributed by atoms with van der Waals surface area (Å²) >= 11 is 6.97. The number of halogens is 1. The molecule has 1 atom stereocenters. The summed E-state index contributed by atoms with van der Waals surface area (Å²) in [5.74, 6) is 0.571. The molecule has 1 amide bonds. The molecule has 4 aromatic rings. The highest BCUT2D eigenvalue weighted by Gasteiger charge is 2.26. The summed E-state index contributed by atoms with van der Waals surface area (Å²) in [4.78, 5) is 35.7. The molecule has 1 saturated heterocycles. The zero-order valence-corrected chi connectivity index (χ0v) is 30.8. The van der Waals surface area contributed by atoms with Gasteiger partial charge in [0, 0.05) is 36.8 Å². The normalized spacial score (nSPS) is 14.5. The van der Waals surface area contributed by atoms with Gasteiger partial charge in [-0.3, -0.25) is 4.79 Å². The smallest absolute Gasteiger partial charge is 0.338 e. The van der Waals surface area contributed by atoms with Gasteiger partial charge >= 0.3 is 5.97 Å². The lowest BCUT2D eigenvalue weighted by Crippen LogP contribution is -2.24. The van der Waals surface area contributed by atoms with Gasteiger partial charge in [0.15, 0.2) is 6.29 Å². The number of rotatable bonds is 13. The van der Waals surface area contributed by atoms with Crippen molar-refractivity contribution >= 4 is 29.2 Å². The summed E-state index contributed by atoms with van der Waals surface area (Å²) in [5.41, 5.74) is 3.73. The average molecular weight is 717 g/mol. The molecule has 3 heterocycles. The summed E-state index contributed by atoms with van der Waals surface area (Å²) < 4.78 is 30.8. The van der Waals surface area contributed by atoms with Crippen molar-refractivity contribution in [2.75, 3.05) is 31.7 Å². The Morgan fingerprint density at radius 2 is 1.84 bits per heavy atom. The SMILES string of the molecule is C=CCOc1ccc(NC(=O)c2c(Cl)c(-c3ccc(C(=O)OC(C)(C)C)cc3)n(C)c2C)c(-c2cnc(C)nc2OCCOC2CCCCO2)c1. The molecule has 0 radical (unpaired) electrons. The maximum absolute atomic E-state index is 14.1. The topological polar surface area (TPSA) is 123 Å². The average Bonchev–Trinajstić information content (AvgIpc) is 3.32. The van der Waals surface area contributed by atoms with Gasteiger partial charge in [-0.2, -0.15) is 4.98 Å². The van der Waals surface area contributed by atoms with Crippen LogP contribution in [0.4, 0.5) is 5.69 Å². The lowest BCUT2D eigenvalue weighted by atomic mass is 10.0. The van der Waals surface area contributed by atoms with Crippen LogP contribution in [-0.2, 0) is 21.3 Å². The molecule has 0 saturated carbocycles. The third-order valence-corrected chi connectivity index (χ3v) is 8.55. The maximum Gasteiger partial charge on any atom is 0.338 e. The number of ether oxygens (including phenoxy) is 5. The molecule has 12 heteroatoms. The minimum atomic E-state index is -0.616. The monoisotopic (exact) mass is 716 g/mol. The van der Waals surface area contributed by atoms with Gasteiger partial charge in [0.05, 0.1) is 34.0 Å². The Balaban J connectivity index is 1.43. The van der Waals surface area contributed by atoms with Crippen LogP contribution in [0.1, 0.15) is 72.3 Å². The van der Waals surface area contributed by atoms with E-state index in [1.807, 2.05) is 39.3 Å². The number of aromatic nitrogens is 3. The van der Waals surface area contributed by atoms with Crippen LogP contribution in [0.3, 0.4) is 0 Å². The van der Waals surface area contributed by atoms with E-state index >= 15 is 0 Å². The number of carbonyl (C=O) groups excluding carboxylic acids is 2. The first-order valence-corrected chi connectivity index (χ1v) is 17.3. The van der Waals surface area contributed by atoms with Crippen molar-refractivity contribution in [3.8, 4) is 34.0 Å². The van der Waals surface area contributed by atoms with E-state index < -0.39 is 17.5 Å². The van der Waals surface area contributed by atoms with Crippen LogP contribution >= 0.6 is 11.6 Å². The highest BCUT2D eigenvalue weighted by atomic mass is 35.5. The Bertz CT molecular complexity index is 1880. The van der Waals surface area contributed by atoms with E-state index in [1.165, 1.54) is 0 Å². The molecule has 1 N–H and O–H groups in total. The summed E-state index contributed by atoms with van der Waals surface area (Å²) in [7, 11) is 1.84. The molecule has 1 aliphatic heterocycles. The Labute approximate surface area is 303 Å². The minimum Gasteiger partial charge on any atom is -0.490 e. The number of hydrogen-bond acceptors (Lipinski definition) is 9. The Hall–Kier alpha value is -4.71. The second kappa shape index (κ2) is 16.5. The molecule has 2 aromatic carbocycles. The predicted octanol–water partition coefficient (Wildman–Crippen LogP) is 8.11. The van der Waals surface area contributed by atoms with Gasteiger partial charge in [-0.25, -0.2) is 9.78 Å².